The van der Waals surface area contributed by atoms with Crippen LogP contribution in [0.4, 0.5) is 26.2 Å². The number of aliphatic hydroxyl groups is 1. The summed E-state index contributed by atoms with van der Waals surface area (Å²) in [6, 6.07) is 3.54. The number of H-pyrrole nitrogens is 1. The molecule has 1 amide bonds. The van der Waals surface area contributed by atoms with Crippen LogP contribution in [0.25, 0.3) is 21.7 Å². The molecule has 0 unspecified atom stereocenters. The fraction of sp³-hybridized carbons (Fsp3) is 0.333. The van der Waals surface area contributed by atoms with Crippen LogP contribution in [0.2, 0.25) is 0 Å². The zero-order valence-electron chi connectivity index (χ0n) is 17.8. The van der Waals surface area contributed by atoms with Crippen molar-refractivity contribution >= 4 is 45.7 Å². The molecule has 0 atom stereocenters. The van der Waals surface area contributed by atoms with Gasteiger partial charge in [0.15, 0.2) is 5.58 Å². The van der Waals surface area contributed by atoms with E-state index < -0.39 is 11.8 Å². The quantitative estimate of drug-likeness (QED) is 0.310. The van der Waals surface area contributed by atoms with E-state index in [1.807, 2.05) is 0 Å². The number of aromatic amines is 1. The number of piperidine rings is 1. The smallest absolute Gasteiger partial charge is 0.295 e. The van der Waals surface area contributed by atoms with Gasteiger partial charge >= 0.3 is 0 Å². The fourth-order valence-electron chi connectivity index (χ4n) is 3.70. The third kappa shape index (κ3) is 4.56. The molecule has 0 radical (unpaired) electrons. The Kier molecular flexibility index (Phi) is 5.87. The lowest BCUT2D eigenvalue weighted by Crippen LogP contribution is -2.39. The number of nitrogens with one attached hydrogen (secondary N) is 3. The Morgan fingerprint density at radius 3 is 2.85 bits per heavy atom. The van der Waals surface area contributed by atoms with Crippen LogP contribution in [0, 0.1) is 0 Å². The number of halogens is 2. The number of aromatic nitrogens is 4. The minimum absolute atomic E-state index is 0.0955. The summed E-state index contributed by atoms with van der Waals surface area (Å²) in [7, 11) is 0. The number of amides is 1. The van der Waals surface area contributed by atoms with Crippen molar-refractivity contribution in [3.05, 3.63) is 35.6 Å². The number of oxazole rings is 1. The number of nitrogens with zero attached hydrogens (tertiary/aromatic N) is 4. The van der Waals surface area contributed by atoms with Gasteiger partial charge in [-0.15, -0.1) is 11.3 Å². The first-order valence-corrected chi connectivity index (χ1v) is 11.5. The molecule has 1 aliphatic heterocycles. The van der Waals surface area contributed by atoms with Crippen LogP contribution in [0.3, 0.4) is 0 Å². The summed E-state index contributed by atoms with van der Waals surface area (Å²) < 4.78 is 33.2. The first kappa shape index (κ1) is 22.2. The van der Waals surface area contributed by atoms with Crippen molar-refractivity contribution in [1.82, 2.24) is 20.2 Å². The monoisotopic (exact) mass is 489 g/mol. The van der Waals surface area contributed by atoms with Crippen LogP contribution < -0.4 is 15.5 Å². The highest BCUT2D eigenvalue weighted by Crippen LogP contribution is 2.37. The van der Waals surface area contributed by atoms with Gasteiger partial charge in [0, 0.05) is 55.7 Å². The van der Waals surface area contributed by atoms with E-state index in [4.69, 9.17) is 9.52 Å². The number of thiazole rings is 1. The topological polar surface area (TPSA) is 132 Å². The molecule has 10 nitrogen and oxygen atoms in total. The van der Waals surface area contributed by atoms with Gasteiger partial charge in [0.05, 0.1) is 24.2 Å². The number of carbonyl (C=O) groups is 1. The van der Waals surface area contributed by atoms with E-state index in [2.05, 4.69) is 30.8 Å². The number of hydrogen-bond donors (Lipinski definition) is 4. The summed E-state index contributed by atoms with van der Waals surface area (Å²) in [6.45, 7) is 0.432. The molecule has 34 heavy (non-hydrogen) atoms. The maximum atomic E-state index is 13.8. The van der Waals surface area contributed by atoms with E-state index in [1.165, 1.54) is 11.3 Å². The number of fused-ring (bicyclic) bond motifs is 1. The predicted molar refractivity (Wildman–Crippen MR) is 124 cm³/mol. The fourth-order valence-corrected chi connectivity index (χ4v) is 4.48. The second-order valence-electron chi connectivity index (χ2n) is 7.83. The number of carbonyl (C=O) groups excluding carboxylic acids is 1. The predicted octanol–water partition coefficient (Wildman–Crippen LogP) is 3.57. The van der Waals surface area contributed by atoms with E-state index in [0.717, 1.165) is 5.56 Å². The largest absolute Gasteiger partial charge is 0.423 e. The number of anilines is 3. The zero-order valence-corrected chi connectivity index (χ0v) is 18.7. The molecule has 1 saturated heterocycles. The Balaban J connectivity index is 1.45. The Morgan fingerprint density at radius 2 is 2.12 bits per heavy atom. The molecular formula is C21H21F2N7O3S. The lowest BCUT2D eigenvalue weighted by atomic mass is 10.1. The molecule has 0 bridgehead atoms. The number of rotatable bonds is 7. The van der Waals surface area contributed by atoms with Gasteiger partial charge in [0.25, 0.3) is 17.8 Å². The average molecular weight is 490 g/mol. The molecule has 1 aromatic carbocycles. The highest BCUT2D eigenvalue weighted by Gasteiger charge is 2.35. The molecule has 1 aliphatic rings. The first-order valence-electron chi connectivity index (χ1n) is 10.6. The third-order valence-corrected chi connectivity index (χ3v) is 6.35. The van der Waals surface area contributed by atoms with Crippen LogP contribution in [0.1, 0.15) is 23.3 Å². The molecule has 0 aliphatic carbocycles. The van der Waals surface area contributed by atoms with Crippen LogP contribution in [0.15, 0.2) is 34.3 Å². The molecule has 13 heteroatoms. The maximum absolute atomic E-state index is 13.8. The van der Waals surface area contributed by atoms with Gasteiger partial charge < -0.3 is 25.1 Å². The van der Waals surface area contributed by atoms with Crippen LogP contribution >= 0.6 is 11.3 Å². The maximum Gasteiger partial charge on any atom is 0.295 e. The van der Waals surface area contributed by atoms with Crippen molar-refractivity contribution in [1.29, 1.82) is 0 Å². The minimum atomic E-state index is -2.70. The minimum Gasteiger partial charge on any atom is -0.423 e. The average Bonchev–Trinajstić information content (AvgIpc) is 3.57. The van der Waals surface area contributed by atoms with Crippen molar-refractivity contribution < 1.29 is 23.1 Å². The Morgan fingerprint density at radius 1 is 1.29 bits per heavy atom. The molecular weight excluding hydrogens is 468 g/mol. The lowest BCUT2D eigenvalue weighted by Gasteiger charge is -2.34. The van der Waals surface area contributed by atoms with Crippen molar-refractivity contribution in [2.24, 2.45) is 0 Å². The summed E-state index contributed by atoms with van der Waals surface area (Å²) in [5, 5.41) is 23.6. The Labute approximate surface area is 196 Å². The molecule has 4 N–H and O–H groups in total. The molecule has 0 saturated carbocycles. The summed E-state index contributed by atoms with van der Waals surface area (Å²) in [4.78, 5) is 23.5. The van der Waals surface area contributed by atoms with Crippen molar-refractivity contribution in [2.75, 3.05) is 41.8 Å². The highest BCUT2D eigenvalue weighted by atomic mass is 32.1. The molecule has 3 aromatic heterocycles. The second-order valence-corrected chi connectivity index (χ2v) is 8.69. The molecule has 178 valence electrons. The van der Waals surface area contributed by atoms with E-state index in [0.29, 0.717) is 27.5 Å². The van der Waals surface area contributed by atoms with Gasteiger partial charge in [-0.05, 0) is 6.07 Å². The number of aliphatic hydroxyl groups excluding tert-OH is 1. The van der Waals surface area contributed by atoms with E-state index in [9.17, 15) is 13.6 Å². The van der Waals surface area contributed by atoms with Gasteiger partial charge in [-0.3, -0.25) is 9.89 Å². The summed E-state index contributed by atoms with van der Waals surface area (Å²) in [6.07, 6.45) is 2.75. The van der Waals surface area contributed by atoms with Gasteiger partial charge in [-0.25, -0.2) is 13.8 Å². The molecule has 4 heterocycles. The van der Waals surface area contributed by atoms with Crippen molar-refractivity contribution in [3.63, 3.8) is 0 Å². The van der Waals surface area contributed by atoms with Gasteiger partial charge in [-0.2, -0.15) is 10.1 Å². The first-order chi connectivity index (χ1) is 16.4. The standard InChI is InChI=1S/C21H21F2N7O3S/c22-21(23)1-4-30(5-2-21)16-7-14-17(33-20(29-14)24-3-6-31)8-13(16)27-18(32)15-11-34-19(28-15)12-9-25-26-10-12/h7-11,31H,1-6H2,(H,24,29)(H,25,26)(H,27,32). The highest BCUT2D eigenvalue weighted by molar-refractivity contribution is 7.13. The summed E-state index contributed by atoms with van der Waals surface area (Å²) in [5.74, 6) is -3.14. The zero-order chi connectivity index (χ0) is 23.7. The second kappa shape index (κ2) is 8.99. The molecule has 0 spiro atoms. The Bertz CT molecular complexity index is 1300. The normalized spacial score (nSPS) is 15.6. The van der Waals surface area contributed by atoms with Gasteiger partial charge in [-0.1, -0.05) is 0 Å². The van der Waals surface area contributed by atoms with E-state index in [-0.39, 0.29) is 50.8 Å². The van der Waals surface area contributed by atoms with Gasteiger partial charge in [0.2, 0.25) is 0 Å². The van der Waals surface area contributed by atoms with E-state index >= 15 is 0 Å². The summed E-state index contributed by atoms with van der Waals surface area (Å²) in [5.41, 5.74) is 2.88. The number of alkyl halides is 2. The summed E-state index contributed by atoms with van der Waals surface area (Å²) >= 11 is 1.31. The third-order valence-electron chi connectivity index (χ3n) is 5.46. The number of benzene rings is 1. The van der Waals surface area contributed by atoms with Crippen molar-refractivity contribution in [2.45, 2.75) is 18.8 Å². The molecule has 4 aromatic rings. The van der Waals surface area contributed by atoms with Crippen LogP contribution in [0.5, 0.6) is 0 Å². The van der Waals surface area contributed by atoms with Crippen LogP contribution in [-0.2, 0) is 0 Å². The molecule has 1 fully saturated rings. The SMILES string of the molecule is O=C(Nc1cc2oc(NCCO)nc2cc1N1CCC(F)(F)CC1)c1csc(-c2cn[nH]c2)n1. The Hall–Kier alpha value is -3.58. The number of hydrogen-bond acceptors (Lipinski definition) is 9. The van der Waals surface area contributed by atoms with Gasteiger partial charge in [0.1, 0.15) is 16.2 Å². The van der Waals surface area contributed by atoms with E-state index in [1.54, 1.807) is 34.8 Å². The van der Waals surface area contributed by atoms with Crippen molar-refractivity contribution in [3.8, 4) is 10.6 Å². The lowest BCUT2D eigenvalue weighted by molar-refractivity contribution is -0.0220. The van der Waals surface area contributed by atoms with Crippen LogP contribution in [-0.4, -0.2) is 63.3 Å². The molecule has 5 rings (SSSR count).